The highest BCUT2D eigenvalue weighted by Crippen LogP contribution is 2.26. The van der Waals surface area contributed by atoms with Gasteiger partial charge < -0.3 is 16.8 Å². The zero-order chi connectivity index (χ0) is 27.1. The lowest BCUT2D eigenvalue weighted by molar-refractivity contribution is -0.680. The van der Waals surface area contributed by atoms with Crippen LogP contribution in [0.5, 0.6) is 0 Å². The van der Waals surface area contributed by atoms with Crippen LogP contribution in [0.25, 0.3) is 22.4 Å². The lowest BCUT2D eigenvalue weighted by Gasteiger charge is -2.13. The number of hydrogen-bond acceptors (Lipinski definition) is 3. The molecule has 0 unspecified atom stereocenters. The van der Waals surface area contributed by atoms with Crippen molar-refractivity contribution in [1.82, 2.24) is 0 Å². The van der Waals surface area contributed by atoms with Crippen LogP contribution in [0.2, 0.25) is 0 Å². The molecule has 8 nitrogen and oxygen atoms in total. The molecule has 0 aliphatic carbocycles. The van der Waals surface area contributed by atoms with Crippen molar-refractivity contribution in [2.24, 2.45) is 15.9 Å². The monoisotopic (exact) mass is 528 g/mol. The number of hydrogen-bond donors (Lipinski definition) is 3. The van der Waals surface area contributed by atoms with E-state index in [2.05, 4.69) is 40.9 Å². The molecule has 3 aromatic carbocycles. The van der Waals surface area contributed by atoms with Crippen LogP contribution in [0.15, 0.2) is 106 Å². The first-order valence-corrected chi connectivity index (χ1v) is 13.6. The fourth-order valence-corrected chi connectivity index (χ4v) is 5.08. The molecule has 0 spiro atoms. The van der Waals surface area contributed by atoms with Crippen LogP contribution in [-0.2, 0) is 27.8 Å². The standard InChI is InChI=1S/C29H29N5O3S/c1-2-9-25-18-23(21-10-5-3-6-11-21)19-27(22-12-7-4-8-13-22)34(25)20-28(35)32-24-14-16-26(17-15-24)38(36,37)33-29(30)31/h3-8,10-19H,2,9,20H2,1H3,(H4-,30,31,32,33,35)/p+1. The van der Waals surface area contributed by atoms with Crippen molar-refractivity contribution in [3.8, 4) is 22.4 Å². The Morgan fingerprint density at radius 3 is 2.03 bits per heavy atom. The van der Waals surface area contributed by atoms with Crippen molar-refractivity contribution in [1.29, 1.82) is 0 Å². The van der Waals surface area contributed by atoms with Crippen LogP contribution >= 0.6 is 0 Å². The van der Waals surface area contributed by atoms with E-state index in [0.29, 0.717) is 5.69 Å². The number of pyridine rings is 1. The number of benzene rings is 3. The van der Waals surface area contributed by atoms with E-state index in [-0.39, 0.29) is 17.3 Å². The Balaban J connectivity index is 1.67. The van der Waals surface area contributed by atoms with Gasteiger partial charge >= 0.3 is 0 Å². The highest BCUT2D eigenvalue weighted by molar-refractivity contribution is 7.90. The third kappa shape index (κ3) is 6.43. The summed E-state index contributed by atoms with van der Waals surface area (Å²) in [5.74, 6) is -0.786. The quantitative estimate of drug-likeness (QED) is 0.172. The number of aromatic nitrogens is 1. The summed E-state index contributed by atoms with van der Waals surface area (Å²) in [6, 6.07) is 30.1. The van der Waals surface area contributed by atoms with E-state index in [1.165, 1.54) is 24.3 Å². The summed E-state index contributed by atoms with van der Waals surface area (Å²) in [6.45, 7) is 2.20. The molecule has 1 amide bonds. The molecule has 4 aromatic rings. The smallest absolute Gasteiger partial charge is 0.290 e. The van der Waals surface area contributed by atoms with Crippen LogP contribution in [0, 0.1) is 0 Å². The SMILES string of the molecule is CCCc1cc(-c2ccccc2)cc(-c2ccccc2)[n+]1CC(=O)Nc1ccc(S(=O)(=O)N=C(N)N)cc1. The molecule has 0 atom stereocenters. The van der Waals surface area contributed by atoms with E-state index < -0.39 is 16.0 Å². The zero-order valence-corrected chi connectivity index (χ0v) is 21.9. The number of amides is 1. The number of nitrogens with one attached hydrogen (secondary N) is 1. The Bertz CT molecular complexity index is 1550. The average molecular weight is 529 g/mol. The average Bonchev–Trinajstić information content (AvgIpc) is 2.90. The number of carbonyl (C=O) groups excluding carboxylic acids is 1. The molecule has 1 heterocycles. The topological polar surface area (TPSA) is 132 Å². The maximum absolute atomic E-state index is 13.2. The minimum Gasteiger partial charge on any atom is -0.369 e. The number of carbonyl (C=O) groups is 1. The largest absolute Gasteiger partial charge is 0.369 e. The van der Waals surface area contributed by atoms with Gasteiger partial charge in [0.15, 0.2) is 5.69 Å². The molecule has 0 saturated carbocycles. The molecular weight excluding hydrogens is 498 g/mol. The van der Waals surface area contributed by atoms with E-state index in [0.717, 1.165) is 40.9 Å². The van der Waals surface area contributed by atoms with Crippen molar-refractivity contribution >= 4 is 27.6 Å². The minimum absolute atomic E-state index is 0.0774. The predicted molar refractivity (Wildman–Crippen MR) is 150 cm³/mol. The Kier molecular flexibility index (Phi) is 8.18. The van der Waals surface area contributed by atoms with Gasteiger partial charge in [0.05, 0.1) is 4.90 Å². The Morgan fingerprint density at radius 2 is 1.45 bits per heavy atom. The highest BCUT2D eigenvalue weighted by Gasteiger charge is 2.24. The van der Waals surface area contributed by atoms with Crippen LogP contribution < -0.4 is 21.4 Å². The van der Waals surface area contributed by atoms with Gasteiger partial charge in [0.25, 0.3) is 15.9 Å². The van der Waals surface area contributed by atoms with E-state index in [4.69, 9.17) is 11.5 Å². The molecule has 0 aliphatic heterocycles. The molecule has 1 aromatic heterocycles. The molecule has 0 fully saturated rings. The summed E-state index contributed by atoms with van der Waals surface area (Å²) in [5.41, 5.74) is 16.0. The van der Waals surface area contributed by atoms with Crippen LogP contribution in [0.4, 0.5) is 5.69 Å². The van der Waals surface area contributed by atoms with Crippen molar-refractivity contribution < 1.29 is 17.8 Å². The first-order valence-electron chi connectivity index (χ1n) is 12.2. The lowest BCUT2D eigenvalue weighted by atomic mass is 10.00. The molecule has 194 valence electrons. The lowest BCUT2D eigenvalue weighted by Crippen LogP contribution is -2.46. The van der Waals surface area contributed by atoms with Gasteiger partial charge in [0.2, 0.25) is 18.2 Å². The molecule has 5 N–H and O–H groups in total. The first kappa shape index (κ1) is 26.6. The highest BCUT2D eigenvalue weighted by atomic mass is 32.2. The van der Waals surface area contributed by atoms with Gasteiger partial charge in [0.1, 0.15) is 0 Å². The van der Waals surface area contributed by atoms with Gasteiger partial charge in [-0.15, -0.1) is 4.40 Å². The van der Waals surface area contributed by atoms with Gasteiger partial charge in [-0.25, -0.2) is 0 Å². The van der Waals surface area contributed by atoms with Crippen molar-refractivity contribution in [2.75, 3.05) is 5.32 Å². The van der Waals surface area contributed by atoms with E-state index in [1.807, 2.05) is 53.1 Å². The number of rotatable bonds is 9. The fourth-order valence-electron chi connectivity index (χ4n) is 4.22. The summed E-state index contributed by atoms with van der Waals surface area (Å²) in [5, 5.41) is 2.86. The van der Waals surface area contributed by atoms with E-state index >= 15 is 0 Å². The molecule has 4 rings (SSSR count). The molecule has 0 radical (unpaired) electrons. The predicted octanol–water partition coefficient (Wildman–Crippen LogP) is 3.86. The number of aryl methyl sites for hydroxylation is 1. The zero-order valence-electron chi connectivity index (χ0n) is 21.0. The molecule has 0 bridgehead atoms. The van der Waals surface area contributed by atoms with Crippen LogP contribution in [0.1, 0.15) is 19.0 Å². The van der Waals surface area contributed by atoms with Crippen molar-refractivity contribution in [2.45, 2.75) is 31.2 Å². The Morgan fingerprint density at radius 1 is 0.842 bits per heavy atom. The maximum atomic E-state index is 13.2. The van der Waals surface area contributed by atoms with Crippen LogP contribution in [0.3, 0.4) is 0 Å². The van der Waals surface area contributed by atoms with Gasteiger partial charge in [-0.05, 0) is 53.9 Å². The second-order valence-electron chi connectivity index (χ2n) is 8.75. The summed E-state index contributed by atoms with van der Waals surface area (Å²) in [4.78, 5) is 13.1. The second-order valence-corrected chi connectivity index (χ2v) is 10.4. The molecule has 0 aliphatic rings. The molecule has 0 saturated heterocycles. The third-order valence-electron chi connectivity index (χ3n) is 5.90. The van der Waals surface area contributed by atoms with Gasteiger partial charge in [-0.1, -0.05) is 55.5 Å². The first-order chi connectivity index (χ1) is 18.3. The summed E-state index contributed by atoms with van der Waals surface area (Å²) >= 11 is 0. The number of anilines is 1. The summed E-state index contributed by atoms with van der Waals surface area (Å²) in [6.07, 6.45) is 1.71. The third-order valence-corrected chi connectivity index (χ3v) is 7.22. The molecular formula is C29H30N5O3S+. The van der Waals surface area contributed by atoms with Crippen LogP contribution in [-0.4, -0.2) is 20.3 Å². The summed E-state index contributed by atoms with van der Waals surface area (Å²) < 4.78 is 29.7. The van der Waals surface area contributed by atoms with E-state index in [9.17, 15) is 13.2 Å². The molecule has 9 heteroatoms. The maximum Gasteiger partial charge on any atom is 0.290 e. The number of sulfonamides is 1. The number of guanidine groups is 1. The normalized spacial score (nSPS) is 11.1. The van der Waals surface area contributed by atoms with Crippen molar-refractivity contribution in [3.05, 3.63) is 103 Å². The number of nitrogens with two attached hydrogens (primary N) is 2. The Labute approximate surface area is 222 Å². The minimum atomic E-state index is -4.01. The van der Waals surface area contributed by atoms with Gasteiger partial charge in [0, 0.05) is 29.8 Å². The number of nitrogens with zero attached hydrogens (tertiary/aromatic N) is 2. The van der Waals surface area contributed by atoms with Gasteiger partial charge in [-0.2, -0.15) is 13.0 Å². The van der Waals surface area contributed by atoms with Gasteiger partial charge in [-0.3, -0.25) is 4.79 Å². The second kappa shape index (κ2) is 11.7. The fraction of sp³-hybridized carbons (Fsp3) is 0.138. The van der Waals surface area contributed by atoms with Crippen molar-refractivity contribution in [3.63, 3.8) is 0 Å². The summed E-state index contributed by atoms with van der Waals surface area (Å²) in [7, 11) is -4.01. The Hall–Kier alpha value is -4.50. The molecule has 38 heavy (non-hydrogen) atoms. The van der Waals surface area contributed by atoms with E-state index in [1.54, 1.807) is 0 Å².